The molecule has 1 rings (SSSR count). The van der Waals surface area contributed by atoms with Gasteiger partial charge in [0.1, 0.15) is 6.04 Å². The van der Waals surface area contributed by atoms with Gasteiger partial charge >= 0.3 is 5.97 Å². The molecule has 1 saturated heterocycles. The molecule has 0 bridgehead atoms. The Morgan fingerprint density at radius 3 is 2.53 bits per heavy atom. The third-order valence-corrected chi connectivity index (χ3v) is 2.94. The molecule has 3 N–H and O–H groups in total. The van der Waals surface area contributed by atoms with Crippen molar-refractivity contribution in [2.24, 2.45) is 5.41 Å². The zero-order valence-electron chi connectivity index (χ0n) is 11.7. The monoisotopic (exact) mass is 270 g/mol. The third kappa shape index (κ3) is 5.72. The summed E-state index contributed by atoms with van der Waals surface area (Å²) in [6.07, 6.45) is 1.29. The number of hydrogen-bond acceptors (Lipinski definition) is 3. The molecule has 6 nitrogen and oxygen atoms in total. The first-order valence-electron chi connectivity index (χ1n) is 6.49. The molecule has 1 heterocycles. The minimum atomic E-state index is -0.940. The second kappa shape index (κ2) is 6.04. The van der Waals surface area contributed by atoms with E-state index in [0.717, 1.165) is 0 Å². The largest absolute Gasteiger partial charge is 0.481 e. The fourth-order valence-corrected chi connectivity index (χ4v) is 2.24. The Hall–Kier alpha value is -1.59. The van der Waals surface area contributed by atoms with E-state index >= 15 is 0 Å². The van der Waals surface area contributed by atoms with Crippen molar-refractivity contribution < 1.29 is 19.5 Å². The highest BCUT2D eigenvalue weighted by Crippen LogP contribution is 2.22. The van der Waals surface area contributed by atoms with Gasteiger partial charge in [0.2, 0.25) is 11.8 Å². The molecule has 108 valence electrons. The number of rotatable bonds is 5. The van der Waals surface area contributed by atoms with Crippen molar-refractivity contribution in [1.29, 1.82) is 0 Å². The molecule has 0 aliphatic carbocycles. The van der Waals surface area contributed by atoms with Crippen LogP contribution < -0.4 is 10.6 Å². The summed E-state index contributed by atoms with van der Waals surface area (Å²) in [4.78, 5) is 33.8. The topological polar surface area (TPSA) is 95.5 Å². The lowest BCUT2D eigenvalue weighted by Crippen LogP contribution is -2.47. The van der Waals surface area contributed by atoms with Gasteiger partial charge in [-0.3, -0.25) is 14.4 Å². The lowest BCUT2D eigenvalue weighted by atomic mass is 9.87. The first-order valence-corrected chi connectivity index (χ1v) is 6.49. The lowest BCUT2D eigenvalue weighted by Gasteiger charge is -2.26. The van der Waals surface area contributed by atoms with Gasteiger partial charge < -0.3 is 15.7 Å². The Balaban J connectivity index is 2.58. The van der Waals surface area contributed by atoms with E-state index in [0.29, 0.717) is 19.3 Å². The van der Waals surface area contributed by atoms with Gasteiger partial charge in [-0.15, -0.1) is 0 Å². The molecule has 0 aromatic rings. The zero-order valence-corrected chi connectivity index (χ0v) is 11.7. The van der Waals surface area contributed by atoms with Crippen LogP contribution in [0.2, 0.25) is 0 Å². The quantitative estimate of drug-likeness (QED) is 0.684. The van der Waals surface area contributed by atoms with E-state index in [9.17, 15) is 14.4 Å². The van der Waals surface area contributed by atoms with Gasteiger partial charge in [0.25, 0.3) is 0 Å². The van der Waals surface area contributed by atoms with Crippen LogP contribution in [0.15, 0.2) is 0 Å². The van der Waals surface area contributed by atoms with Crippen LogP contribution in [0.5, 0.6) is 0 Å². The van der Waals surface area contributed by atoms with Gasteiger partial charge in [-0.25, -0.2) is 0 Å². The Morgan fingerprint density at radius 1 is 1.47 bits per heavy atom. The van der Waals surface area contributed by atoms with E-state index in [1.807, 2.05) is 20.8 Å². The number of carbonyl (C=O) groups is 3. The van der Waals surface area contributed by atoms with Crippen LogP contribution in [0.4, 0.5) is 0 Å². The van der Waals surface area contributed by atoms with Crippen LogP contribution in [-0.4, -0.2) is 35.0 Å². The molecule has 0 aromatic heterocycles. The van der Waals surface area contributed by atoms with E-state index in [2.05, 4.69) is 10.6 Å². The zero-order chi connectivity index (χ0) is 14.6. The molecular formula is C13H22N2O4. The summed E-state index contributed by atoms with van der Waals surface area (Å²) >= 11 is 0. The number of aliphatic carboxylic acids is 1. The predicted molar refractivity (Wildman–Crippen MR) is 69.4 cm³/mol. The van der Waals surface area contributed by atoms with Crippen LogP contribution >= 0.6 is 0 Å². The molecule has 1 aliphatic rings. The highest BCUT2D eigenvalue weighted by atomic mass is 16.4. The van der Waals surface area contributed by atoms with Gasteiger partial charge in [0.15, 0.2) is 0 Å². The maximum atomic E-state index is 11.9. The third-order valence-electron chi connectivity index (χ3n) is 2.94. The van der Waals surface area contributed by atoms with Gasteiger partial charge in [-0.1, -0.05) is 20.8 Å². The number of carbonyl (C=O) groups excluding carboxylic acids is 2. The van der Waals surface area contributed by atoms with Gasteiger partial charge in [-0.05, 0) is 18.3 Å². The predicted octanol–water partition coefficient (Wildman–Crippen LogP) is 0.661. The van der Waals surface area contributed by atoms with Crippen LogP contribution in [0.25, 0.3) is 0 Å². The maximum absolute atomic E-state index is 11.9. The normalized spacial score (nSPS) is 20.8. The number of hydrogen-bond donors (Lipinski definition) is 3. The number of nitrogens with one attached hydrogen (secondary N) is 2. The molecule has 0 aromatic carbocycles. The second-order valence-electron chi connectivity index (χ2n) is 6.23. The van der Waals surface area contributed by atoms with Crippen LogP contribution in [0.3, 0.4) is 0 Å². The molecule has 2 atom stereocenters. The molecule has 0 radical (unpaired) electrons. The SMILES string of the molecule is CC(C)(C)CC(CC(=O)O)NC(=O)[C@H]1CCC(=O)N1. The summed E-state index contributed by atoms with van der Waals surface area (Å²) in [5.74, 6) is -1.36. The average Bonchev–Trinajstić information content (AvgIpc) is 2.60. The Morgan fingerprint density at radius 2 is 2.11 bits per heavy atom. The average molecular weight is 270 g/mol. The van der Waals surface area contributed by atoms with Crippen molar-refractivity contribution in [3.63, 3.8) is 0 Å². The molecule has 0 saturated carbocycles. The van der Waals surface area contributed by atoms with Crippen molar-refractivity contribution in [3.05, 3.63) is 0 Å². The maximum Gasteiger partial charge on any atom is 0.305 e. The molecular weight excluding hydrogens is 248 g/mol. The van der Waals surface area contributed by atoms with Crippen molar-refractivity contribution in [2.45, 2.75) is 58.5 Å². The van der Waals surface area contributed by atoms with Crippen LogP contribution in [0.1, 0.15) is 46.5 Å². The highest BCUT2D eigenvalue weighted by molar-refractivity contribution is 5.91. The summed E-state index contributed by atoms with van der Waals surface area (Å²) in [5, 5.41) is 14.2. The fourth-order valence-electron chi connectivity index (χ4n) is 2.24. The fraction of sp³-hybridized carbons (Fsp3) is 0.769. The van der Waals surface area contributed by atoms with Crippen molar-refractivity contribution in [1.82, 2.24) is 10.6 Å². The first kappa shape index (κ1) is 15.5. The summed E-state index contributed by atoms with van der Waals surface area (Å²) < 4.78 is 0. The number of amides is 2. The van der Waals surface area contributed by atoms with Crippen molar-refractivity contribution in [3.8, 4) is 0 Å². The smallest absolute Gasteiger partial charge is 0.305 e. The molecule has 19 heavy (non-hydrogen) atoms. The van der Waals surface area contributed by atoms with E-state index in [1.54, 1.807) is 0 Å². The lowest BCUT2D eigenvalue weighted by molar-refractivity contribution is -0.138. The van der Waals surface area contributed by atoms with Crippen LogP contribution in [0, 0.1) is 5.41 Å². The minimum Gasteiger partial charge on any atom is -0.481 e. The van der Waals surface area contributed by atoms with Crippen LogP contribution in [-0.2, 0) is 14.4 Å². The first-order chi connectivity index (χ1) is 8.67. The van der Waals surface area contributed by atoms with E-state index < -0.39 is 18.1 Å². The van der Waals surface area contributed by atoms with E-state index in [4.69, 9.17) is 5.11 Å². The Labute approximate surface area is 112 Å². The van der Waals surface area contributed by atoms with Crippen molar-refractivity contribution in [2.75, 3.05) is 0 Å². The van der Waals surface area contributed by atoms with Gasteiger partial charge in [0, 0.05) is 12.5 Å². The summed E-state index contributed by atoms with van der Waals surface area (Å²) in [6.45, 7) is 5.97. The van der Waals surface area contributed by atoms with Crippen molar-refractivity contribution >= 4 is 17.8 Å². The van der Waals surface area contributed by atoms with E-state index in [1.165, 1.54) is 0 Å². The second-order valence-corrected chi connectivity index (χ2v) is 6.23. The molecule has 1 unspecified atom stereocenters. The summed E-state index contributed by atoms with van der Waals surface area (Å²) in [6, 6.07) is -0.939. The number of carboxylic acids is 1. The standard InChI is InChI=1S/C13H22N2O4/c1-13(2,3)7-8(6-11(17)18)14-12(19)9-4-5-10(16)15-9/h8-9H,4-7H2,1-3H3,(H,14,19)(H,15,16)(H,17,18)/t8?,9-/m1/s1. The molecule has 0 spiro atoms. The van der Waals surface area contributed by atoms with Gasteiger partial charge in [-0.2, -0.15) is 0 Å². The van der Waals surface area contributed by atoms with E-state index in [-0.39, 0.29) is 23.7 Å². The minimum absolute atomic E-state index is 0.0771. The molecule has 6 heteroatoms. The Bertz CT molecular complexity index is 373. The molecule has 1 fully saturated rings. The molecule has 2 amide bonds. The van der Waals surface area contributed by atoms with Gasteiger partial charge in [0.05, 0.1) is 6.42 Å². The number of carboxylic acid groups (broad SMARTS) is 1. The molecule has 1 aliphatic heterocycles. The summed E-state index contributed by atoms with van der Waals surface area (Å²) in [7, 11) is 0. The summed E-state index contributed by atoms with van der Waals surface area (Å²) in [5.41, 5.74) is -0.0771. The highest BCUT2D eigenvalue weighted by Gasteiger charge is 2.30. The Kier molecular flexibility index (Phi) is 4.91.